The molecule has 4 aliphatic rings. The third kappa shape index (κ3) is 7.46. The summed E-state index contributed by atoms with van der Waals surface area (Å²) in [4.78, 5) is 33.8. The van der Waals surface area contributed by atoms with Gasteiger partial charge in [-0.1, -0.05) is 0 Å². The normalized spacial score (nSPS) is 20.0. The molecule has 0 bridgehead atoms. The van der Waals surface area contributed by atoms with Crippen molar-refractivity contribution < 1.29 is 36.3 Å². The van der Waals surface area contributed by atoms with Crippen molar-refractivity contribution in [1.82, 2.24) is 4.98 Å². The molecule has 6 rings (SSSR count). The first-order valence-electron chi connectivity index (χ1n) is 15.8. The SMILES string of the molecule is NCC(=O)OCCS(=O)(=O)Nc1ccc(C(=O)Nc2cc3c(c(N4CCC(F)(F)CC4)n2)OCCC3)c(N2CCC3(CC2)CC3)c1. The van der Waals surface area contributed by atoms with Gasteiger partial charge in [0, 0.05) is 44.6 Å². The summed E-state index contributed by atoms with van der Waals surface area (Å²) in [7, 11) is -3.87. The van der Waals surface area contributed by atoms with Gasteiger partial charge in [-0.3, -0.25) is 14.3 Å². The van der Waals surface area contributed by atoms with E-state index in [0.717, 1.165) is 37.9 Å². The number of alkyl halides is 2. The first-order valence-corrected chi connectivity index (χ1v) is 17.5. The number of carbonyl (C=O) groups is 2. The largest absolute Gasteiger partial charge is 0.489 e. The lowest BCUT2D eigenvalue weighted by Crippen LogP contribution is -2.40. The molecule has 3 fully saturated rings. The molecule has 1 aliphatic carbocycles. The maximum atomic E-state index is 13.9. The molecule has 1 amide bonds. The van der Waals surface area contributed by atoms with E-state index in [-0.39, 0.29) is 44.8 Å². The van der Waals surface area contributed by atoms with E-state index >= 15 is 0 Å². The number of ether oxygens (including phenoxy) is 2. The van der Waals surface area contributed by atoms with Crippen LogP contribution in [0.5, 0.6) is 5.75 Å². The number of aryl methyl sites for hydroxylation is 1. The van der Waals surface area contributed by atoms with Crippen LogP contribution in [0.3, 0.4) is 0 Å². The summed E-state index contributed by atoms with van der Waals surface area (Å²) in [6, 6.07) is 6.51. The fourth-order valence-electron chi connectivity index (χ4n) is 6.36. The summed E-state index contributed by atoms with van der Waals surface area (Å²) in [5.74, 6) is -2.97. The number of pyridine rings is 1. The number of esters is 1. The number of carbonyl (C=O) groups excluding carboxylic acids is 2. The molecule has 46 heavy (non-hydrogen) atoms. The van der Waals surface area contributed by atoms with Crippen molar-refractivity contribution in [2.75, 3.05) is 71.5 Å². The number of piperidine rings is 2. The number of halogens is 2. The Kier molecular flexibility index (Phi) is 8.98. The highest BCUT2D eigenvalue weighted by Crippen LogP contribution is 2.54. The van der Waals surface area contributed by atoms with Crippen LogP contribution in [-0.2, 0) is 26.0 Å². The number of aromatic nitrogens is 1. The highest BCUT2D eigenvalue weighted by Gasteiger charge is 2.44. The number of nitrogens with zero attached hydrogens (tertiary/aromatic N) is 3. The van der Waals surface area contributed by atoms with E-state index in [1.165, 1.54) is 18.9 Å². The Morgan fingerprint density at radius 2 is 1.74 bits per heavy atom. The van der Waals surface area contributed by atoms with Gasteiger partial charge in [-0.2, -0.15) is 0 Å². The van der Waals surface area contributed by atoms with E-state index < -0.39 is 33.6 Å². The van der Waals surface area contributed by atoms with Gasteiger partial charge in [-0.25, -0.2) is 22.2 Å². The Morgan fingerprint density at radius 1 is 1.02 bits per heavy atom. The predicted octanol–water partition coefficient (Wildman–Crippen LogP) is 3.52. The molecule has 1 aromatic heterocycles. The molecule has 1 saturated carbocycles. The van der Waals surface area contributed by atoms with Gasteiger partial charge in [0.25, 0.3) is 11.8 Å². The van der Waals surface area contributed by atoms with E-state index in [9.17, 15) is 26.8 Å². The van der Waals surface area contributed by atoms with Crippen molar-refractivity contribution in [3.63, 3.8) is 0 Å². The molecule has 250 valence electrons. The molecule has 2 saturated heterocycles. The molecule has 0 unspecified atom stereocenters. The van der Waals surface area contributed by atoms with Crippen LogP contribution in [0.2, 0.25) is 0 Å². The maximum Gasteiger partial charge on any atom is 0.319 e. The molecule has 1 aromatic carbocycles. The summed E-state index contributed by atoms with van der Waals surface area (Å²) in [6.45, 7) is 1.53. The molecule has 4 heterocycles. The second kappa shape index (κ2) is 12.8. The van der Waals surface area contributed by atoms with Gasteiger partial charge in [0.1, 0.15) is 18.2 Å². The van der Waals surface area contributed by atoms with Crippen molar-refractivity contribution in [2.24, 2.45) is 11.1 Å². The lowest BCUT2D eigenvalue weighted by atomic mass is 9.93. The van der Waals surface area contributed by atoms with Crippen molar-refractivity contribution in [3.05, 3.63) is 35.4 Å². The van der Waals surface area contributed by atoms with Gasteiger partial charge < -0.3 is 30.3 Å². The lowest BCUT2D eigenvalue weighted by Gasteiger charge is -2.35. The molecule has 15 heteroatoms. The Balaban J connectivity index is 1.25. The van der Waals surface area contributed by atoms with Crippen LogP contribution in [0.25, 0.3) is 0 Å². The molecule has 2 aromatic rings. The topological polar surface area (TPSA) is 156 Å². The lowest BCUT2D eigenvalue weighted by molar-refractivity contribution is -0.141. The van der Waals surface area contributed by atoms with Gasteiger partial charge in [0.15, 0.2) is 11.6 Å². The highest BCUT2D eigenvalue weighted by molar-refractivity contribution is 7.92. The quantitative estimate of drug-likeness (QED) is 0.322. The van der Waals surface area contributed by atoms with Crippen LogP contribution < -0.4 is 30.3 Å². The minimum atomic E-state index is -3.87. The monoisotopic (exact) mass is 662 g/mol. The summed E-state index contributed by atoms with van der Waals surface area (Å²) in [6.07, 6.45) is 5.31. The van der Waals surface area contributed by atoms with E-state index in [0.29, 0.717) is 47.1 Å². The highest BCUT2D eigenvalue weighted by atomic mass is 32.2. The molecular weight excluding hydrogens is 622 g/mol. The summed E-state index contributed by atoms with van der Waals surface area (Å²) in [5, 5.41) is 2.92. The van der Waals surface area contributed by atoms with Crippen molar-refractivity contribution in [1.29, 1.82) is 0 Å². The number of nitrogens with two attached hydrogens (primary N) is 1. The van der Waals surface area contributed by atoms with E-state index in [1.807, 2.05) is 0 Å². The van der Waals surface area contributed by atoms with Crippen LogP contribution in [0, 0.1) is 5.41 Å². The zero-order valence-electron chi connectivity index (χ0n) is 25.7. The number of sulfonamides is 1. The molecule has 12 nitrogen and oxygen atoms in total. The second-order valence-electron chi connectivity index (χ2n) is 12.6. The van der Waals surface area contributed by atoms with Gasteiger partial charge in [-0.15, -0.1) is 0 Å². The molecule has 0 radical (unpaired) electrons. The van der Waals surface area contributed by atoms with Crippen molar-refractivity contribution >= 4 is 44.9 Å². The van der Waals surface area contributed by atoms with Crippen LogP contribution >= 0.6 is 0 Å². The number of hydrogen-bond donors (Lipinski definition) is 3. The Hall–Kier alpha value is -3.72. The molecule has 4 N–H and O–H groups in total. The first-order chi connectivity index (χ1) is 21.9. The summed E-state index contributed by atoms with van der Waals surface area (Å²) >= 11 is 0. The third-order valence-electron chi connectivity index (χ3n) is 9.32. The smallest absolute Gasteiger partial charge is 0.319 e. The van der Waals surface area contributed by atoms with E-state index in [4.69, 9.17) is 15.2 Å². The van der Waals surface area contributed by atoms with Crippen molar-refractivity contribution in [2.45, 2.75) is 57.3 Å². The summed E-state index contributed by atoms with van der Waals surface area (Å²) in [5.41, 5.74) is 7.65. The average molecular weight is 663 g/mol. The predicted molar refractivity (Wildman–Crippen MR) is 169 cm³/mol. The molecular formula is C31H40F2N6O6S. The molecule has 3 aliphatic heterocycles. The zero-order chi connectivity index (χ0) is 32.5. The Labute approximate surface area is 267 Å². The number of fused-ring (bicyclic) bond motifs is 1. The fourth-order valence-corrected chi connectivity index (χ4v) is 7.25. The van der Waals surface area contributed by atoms with Crippen LogP contribution in [0.15, 0.2) is 24.3 Å². The number of nitrogens with one attached hydrogen (secondary N) is 2. The van der Waals surface area contributed by atoms with Crippen LogP contribution in [0.4, 0.5) is 31.8 Å². The minimum Gasteiger partial charge on any atom is -0.489 e. The van der Waals surface area contributed by atoms with Crippen LogP contribution in [0.1, 0.15) is 60.9 Å². The van der Waals surface area contributed by atoms with Crippen molar-refractivity contribution in [3.8, 4) is 5.75 Å². The number of amides is 1. The number of anilines is 4. The zero-order valence-corrected chi connectivity index (χ0v) is 26.5. The van der Waals surface area contributed by atoms with Gasteiger partial charge in [0.2, 0.25) is 10.0 Å². The summed E-state index contributed by atoms with van der Waals surface area (Å²) < 4.78 is 66.6. The van der Waals surface area contributed by atoms with E-state index in [2.05, 4.69) is 19.9 Å². The average Bonchev–Trinajstić information content (AvgIpc) is 3.79. The fraction of sp³-hybridized carbons (Fsp3) is 0.581. The van der Waals surface area contributed by atoms with Gasteiger partial charge in [0.05, 0.1) is 30.1 Å². The Morgan fingerprint density at radius 3 is 2.43 bits per heavy atom. The molecule has 0 atom stereocenters. The molecule has 1 spiro atoms. The minimum absolute atomic E-state index is 0.126. The maximum absolute atomic E-state index is 13.9. The third-order valence-corrected chi connectivity index (χ3v) is 10.6. The second-order valence-corrected chi connectivity index (χ2v) is 14.5. The van der Waals surface area contributed by atoms with Crippen LogP contribution in [-0.4, -0.2) is 82.9 Å². The number of benzene rings is 1. The Bertz CT molecular complexity index is 1580. The standard InChI is InChI=1S/C31H40F2N6O6S/c32-31(33)9-13-39(14-10-31)28-27-21(2-1-15-45-27)18-25(35-28)36-29(41)23-4-3-22(37-46(42,43)17-16-44-26(40)20-34)19-24(23)38-11-7-30(5-6-30)8-12-38/h3-4,18-19,37H,1-2,5-17,20,34H2,(H,35,36,41). The van der Waals surface area contributed by atoms with Gasteiger partial charge in [-0.05, 0) is 68.2 Å². The van der Waals surface area contributed by atoms with E-state index in [1.54, 1.807) is 23.1 Å². The first kappa shape index (κ1) is 32.2. The number of rotatable bonds is 10. The number of hydrogen-bond acceptors (Lipinski definition) is 10. The van der Waals surface area contributed by atoms with Gasteiger partial charge >= 0.3 is 5.97 Å².